The molecule has 0 radical (unpaired) electrons. The Morgan fingerprint density at radius 3 is 2.60 bits per heavy atom. The fourth-order valence-electron chi connectivity index (χ4n) is 1.71. The molecule has 1 aliphatic heterocycles. The van der Waals surface area contributed by atoms with Crippen LogP contribution in [-0.2, 0) is 0 Å². The largest absolute Gasteiger partial charge is 0.389 e. The van der Waals surface area contributed by atoms with Crippen LogP contribution in [0.1, 0.15) is 5.56 Å². The summed E-state index contributed by atoms with van der Waals surface area (Å²) >= 11 is 0. The van der Waals surface area contributed by atoms with E-state index in [2.05, 4.69) is 9.97 Å². The molecule has 0 spiro atoms. The van der Waals surface area contributed by atoms with Gasteiger partial charge in [-0.15, -0.1) is 0 Å². The van der Waals surface area contributed by atoms with E-state index in [-0.39, 0.29) is 5.95 Å². The van der Waals surface area contributed by atoms with Crippen molar-refractivity contribution in [1.29, 1.82) is 0 Å². The van der Waals surface area contributed by atoms with Gasteiger partial charge in [-0.1, -0.05) is 0 Å². The van der Waals surface area contributed by atoms with Gasteiger partial charge < -0.3 is 20.8 Å². The van der Waals surface area contributed by atoms with Crippen molar-refractivity contribution in [1.82, 2.24) is 9.97 Å². The normalized spacial score (nSPS) is 25.9. The predicted molar refractivity (Wildman–Crippen MR) is 55.4 cm³/mol. The predicted octanol–water partition coefficient (Wildman–Crippen LogP) is -1.09. The van der Waals surface area contributed by atoms with Gasteiger partial charge in [-0.2, -0.15) is 4.98 Å². The minimum Gasteiger partial charge on any atom is -0.389 e. The lowest BCUT2D eigenvalue weighted by Crippen LogP contribution is -2.23. The zero-order chi connectivity index (χ0) is 11.0. The Morgan fingerprint density at radius 2 is 2.00 bits per heavy atom. The molecule has 2 atom stereocenters. The molecule has 0 amide bonds. The summed E-state index contributed by atoms with van der Waals surface area (Å²) in [7, 11) is 0. The molecule has 6 nitrogen and oxygen atoms in total. The monoisotopic (exact) mass is 210 g/mol. The zero-order valence-electron chi connectivity index (χ0n) is 8.46. The lowest BCUT2D eigenvalue weighted by atomic mass is 10.3. The Hall–Kier alpha value is -1.40. The van der Waals surface area contributed by atoms with Crippen molar-refractivity contribution >= 4 is 11.8 Å². The molecule has 0 aliphatic carbocycles. The van der Waals surface area contributed by atoms with Crippen molar-refractivity contribution in [2.24, 2.45) is 0 Å². The van der Waals surface area contributed by atoms with Crippen molar-refractivity contribution in [2.75, 3.05) is 23.7 Å². The van der Waals surface area contributed by atoms with Gasteiger partial charge >= 0.3 is 0 Å². The molecule has 0 saturated carbocycles. The molecular weight excluding hydrogens is 196 g/mol. The summed E-state index contributed by atoms with van der Waals surface area (Å²) in [5.74, 6) is 0.879. The number of hydrogen-bond acceptors (Lipinski definition) is 6. The number of nitrogens with zero attached hydrogens (tertiary/aromatic N) is 3. The second kappa shape index (κ2) is 3.63. The van der Waals surface area contributed by atoms with Crippen LogP contribution in [0.25, 0.3) is 0 Å². The lowest BCUT2D eigenvalue weighted by molar-refractivity contribution is 0.0572. The van der Waals surface area contributed by atoms with E-state index < -0.39 is 12.2 Å². The van der Waals surface area contributed by atoms with Gasteiger partial charge in [-0.3, -0.25) is 0 Å². The van der Waals surface area contributed by atoms with Crippen LogP contribution in [-0.4, -0.2) is 45.5 Å². The molecular formula is C9H14N4O2. The topological polar surface area (TPSA) is 95.5 Å². The third-order valence-corrected chi connectivity index (χ3v) is 2.52. The van der Waals surface area contributed by atoms with Gasteiger partial charge in [0.15, 0.2) is 0 Å². The zero-order valence-corrected chi connectivity index (χ0v) is 8.46. The molecule has 0 aromatic carbocycles. The molecule has 1 saturated heterocycles. The summed E-state index contributed by atoms with van der Waals surface area (Å²) in [6, 6.07) is 0. The van der Waals surface area contributed by atoms with Gasteiger partial charge in [0.1, 0.15) is 5.82 Å². The number of aryl methyl sites for hydroxylation is 1. The van der Waals surface area contributed by atoms with Crippen molar-refractivity contribution in [2.45, 2.75) is 19.1 Å². The Morgan fingerprint density at radius 1 is 1.40 bits per heavy atom. The molecule has 1 aromatic rings. The first-order valence-corrected chi connectivity index (χ1v) is 4.78. The van der Waals surface area contributed by atoms with E-state index in [1.807, 2.05) is 11.8 Å². The average Bonchev–Trinajstić information content (AvgIpc) is 2.51. The third kappa shape index (κ3) is 1.86. The summed E-state index contributed by atoms with van der Waals surface area (Å²) in [4.78, 5) is 9.77. The second-order valence-electron chi connectivity index (χ2n) is 3.77. The van der Waals surface area contributed by atoms with Gasteiger partial charge in [-0.05, 0) is 6.92 Å². The van der Waals surface area contributed by atoms with E-state index in [1.54, 1.807) is 6.20 Å². The number of nitrogens with two attached hydrogens (primary N) is 1. The number of rotatable bonds is 1. The lowest BCUT2D eigenvalue weighted by Gasteiger charge is -2.18. The van der Waals surface area contributed by atoms with E-state index in [1.165, 1.54) is 0 Å². The van der Waals surface area contributed by atoms with Crippen LogP contribution < -0.4 is 10.6 Å². The second-order valence-corrected chi connectivity index (χ2v) is 3.77. The maximum Gasteiger partial charge on any atom is 0.221 e. The first kappa shape index (κ1) is 10.1. The number of aromatic nitrogens is 2. The van der Waals surface area contributed by atoms with Crippen LogP contribution in [0.4, 0.5) is 11.8 Å². The maximum absolute atomic E-state index is 9.42. The molecule has 0 bridgehead atoms. The maximum atomic E-state index is 9.42. The number of anilines is 2. The molecule has 82 valence electrons. The van der Waals surface area contributed by atoms with Crippen molar-refractivity contribution in [3.8, 4) is 0 Å². The van der Waals surface area contributed by atoms with E-state index in [4.69, 9.17) is 5.73 Å². The van der Waals surface area contributed by atoms with Crippen LogP contribution in [0.2, 0.25) is 0 Å². The fourth-order valence-corrected chi connectivity index (χ4v) is 1.71. The molecule has 2 heterocycles. The van der Waals surface area contributed by atoms with Crippen LogP contribution in [0.3, 0.4) is 0 Å². The van der Waals surface area contributed by atoms with E-state index in [0.29, 0.717) is 18.9 Å². The quantitative estimate of drug-likeness (QED) is 0.545. The highest BCUT2D eigenvalue weighted by Crippen LogP contribution is 2.22. The van der Waals surface area contributed by atoms with Crippen LogP contribution in [0, 0.1) is 6.92 Å². The minimum atomic E-state index is -0.722. The smallest absolute Gasteiger partial charge is 0.221 e. The van der Waals surface area contributed by atoms with Crippen molar-refractivity contribution in [3.05, 3.63) is 11.8 Å². The Kier molecular flexibility index (Phi) is 2.45. The summed E-state index contributed by atoms with van der Waals surface area (Å²) in [5.41, 5.74) is 6.37. The van der Waals surface area contributed by atoms with Gasteiger partial charge in [-0.25, -0.2) is 4.98 Å². The Bertz CT molecular complexity index is 361. The number of hydrogen-bond donors (Lipinski definition) is 3. The minimum absolute atomic E-state index is 0.200. The Balaban J connectivity index is 2.27. The molecule has 1 aromatic heterocycles. The van der Waals surface area contributed by atoms with Gasteiger partial charge in [0.2, 0.25) is 5.95 Å². The molecule has 1 aliphatic rings. The van der Waals surface area contributed by atoms with E-state index >= 15 is 0 Å². The summed E-state index contributed by atoms with van der Waals surface area (Å²) in [5, 5.41) is 18.8. The summed E-state index contributed by atoms with van der Waals surface area (Å²) in [6.45, 7) is 2.61. The Labute approximate surface area is 87.4 Å². The molecule has 1 fully saturated rings. The molecule has 4 N–H and O–H groups in total. The highest BCUT2D eigenvalue weighted by atomic mass is 16.3. The number of nitrogen functional groups attached to an aromatic ring is 1. The molecule has 2 rings (SSSR count). The molecule has 2 unspecified atom stereocenters. The van der Waals surface area contributed by atoms with Crippen LogP contribution in [0.15, 0.2) is 6.20 Å². The van der Waals surface area contributed by atoms with Gasteiger partial charge in [0.25, 0.3) is 0 Å². The number of aliphatic hydroxyl groups is 2. The standard InChI is InChI=1S/C9H14N4O2/c1-5-2-11-9(10)12-8(5)13-3-6(14)7(15)4-13/h2,6-7,14-15H,3-4H2,1H3,(H2,10,11,12). The molecule has 15 heavy (non-hydrogen) atoms. The SMILES string of the molecule is Cc1cnc(N)nc1N1CC(O)C(O)C1. The highest BCUT2D eigenvalue weighted by Gasteiger charge is 2.31. The first-order chi connectivity index (χ1) is 7.08. The van der Waals surface area contributed by atoms with Crippen LogP contribution in [0.5, 0.6) is 0 Å². The number of β-amino-alcohol motifs (C(OH)–C–C–N with tert-alkyl or cyclic N) is 2. The van der Waals surface area contributed by atoms with Crippen LogP contribution >= 0.6 is 0 Å². The number of aliphatic hydroxyl groups excluding tert-OH is 2. The average molecular weight is 210 g/mol. The third-order valence-electron chi connectivity index (χ3n) is 2.52. The summed E-state index contributed by atoms with van der Waals surface area (Å²) in [6.07, 6.45) is 0.190. The van der Waals surface area contributed by atoms with Gasteiger partial charge in [0, 0.05) is 24.8 Å². The fraction of sp³-hybridized carbons (Fsp3) is 0.556. The van der Waals surface area contributed by atoms with Crippen molar-refractivity contribution in [3.63, 3.8) is 0 Å². The first-order valence-electron chi connectivity index (χ1n) is 4.78. The highest BCUT2D eigenvalue weighted by molar-refractivity contribution is 5.49. The van der Waals surface area contributed by atoms with E-state index in [0.717, 1.165) is 5.56 Å². The van der Waals surface area contributed by atoms with E-state index in [9.17, 15) is 10.2 Å². The van der Waals surface area contributed by atoms with Crippen molar-refractivity contribution < 1.29 is 10.2 Å². The molecule has 6 heteroatoms. The van der Waals surface area contributed by atoms with Gasteiger partial charge in [0.05, 0.1) is 12.2 Å². The summed E-state index contributed by atoms with van der Waals surface area (Å²) < 4.78 is 0.